The number of carbonyl (C=O) groups is 5. The van der Waals surface area contributed by atoms with E-state index in [0.717, 1.165) is 0 Å². The maximum Gasteiger partial charge on any atom is 0.243 e. The van der Waals surface area contributed by atoms with Gasteiger partial charge in [-0.1, -0.05) is 41.5 Å². The second-order valence-corrected chi connectivity index (χ2v) is 8.79. The van der Waals surface area contributed by atoms with Gasteiger partial charge in [0.1, 0.15) is 12.1 Å². The maximum atomic E-state index is 12.7. The van der Waals surface area contributed by atoms with Crippen LogP contribution in [0.3, 0.4) is 0 Å². The fourth-order valence-electron chi connectivity index (χ4n) is 2.87. The van der Waals surface area contributed by atoms with E-state index in [1.165, 1.54) is 6.92 Å². The van der Waals surface area contributed by atoms with Gasteiger partial charge in [0.05, 0.1) is 18.5 Å². The predicted octanol–water partition coefficient (Wildman–Crippen LogP) is -0.396. The van der Waals surface area contributed by atoms with Crippen LogP contribution in [-0.4, -0.2) is 59.6 Å². The summed E-state index contributed by atoms with van der Waals surface area (Å²) in [6.45, 7) is 13.9. The molecular formula is C21H39N5O5. The van der Waals surface area contributed by atoms with Crippen molar-refractivity contribution in [3.8, 4) is 0 Å². The number of hydrogen-bond acceptors (Lipinski definition) is 6. The fraction of sp³-hybridized carbons (Fsp3) is 0.762. The number of rotatable bonds is 13. The number of nitrogens with two attached hydrogens (primary N) is 1. The molecule has 0 aromatic heterocycles. The zero-order valence-corrected chi connectivity index (χ0v) is 19.9. The molecule has 0 rings (SSSR count). The van der Waals surface area contributed by atoms with Crippen LogP contribution in [0.1, 0.15) is 61.8 Å². The summed E-state index contributed by atoms with van der Waals surface area (Å²) >= 11 is 0. The van der Waals surface area contributed by atoms with Crippen LogP contribution in [0.15, 0.2) is 0 Å². The lowest BCUT2D eigenvalue weighted by molar-refractivity contribution is -0.135. The third kappa shape index (κ3) is 10.4. The van der Waals surface area contributed by atoms with E-state index in [0.29, 0.717) is 0 Å². The summed E-state index contributed by atoms with van der Waals surface area (Å²) in [5, 5.41) is 10.6. The molecule has 0 bridgehead atoms. The highest BCUT2D eigenvalue weighted by atomic mass is 16.2. The van der Waals surface area contributed by atoms with Crippen molar-refractivity contribution < 1.29 is 24.0 Å². The molecule has 0 aliphatic rings. The maximum absolute atomic E-state index is 12.7. The van der Waals surface area contributed by atoms with E-state index in [1.807, 2.05) is 13.8 Å². The minimum atomic E-state index is -1.27. The largest absolute Gasteiger partial charge is 0.370 e. The topological polar surface area (TPSA) is 159 Å². The molecule has 4 amide bonds. The Balaban J connectivity index is 5.24. The molecule has 4 atom stereocenters. The van der Waals surface area contributed by atoms with Gasteiger partial charge in [-0.2, -0.15) is 0 Å². The van der Waals surface area contributed by atoms with E-state index in [-0.39, 0.29) is 29.6 Å². The van der Waals surface area contributed by atoms with E-state index in [1.54, 1.807) is 34.6 Å². The molecule has 0 aliphatic heterocycles. The van der Waals surface area contributed by atoms with Gasteiger partial charge in [0.2, 0.25) is 23.6 Å². The molecule has 6 N–H and O–H groups in total. The fourth-order valence-corrected chi connectivity index (χ4v) is 2.87. The molecule has 0 fully saturated rings. The number of nitrogens with one attached hydrogen (secondary N) is 4. The molecule has 178 valence electrons. The van der Waals surface area contributed by atoms with Gasteiger partial charge in [-0.25, -0.2) is 0 Å². The highest BCUT2D eigenvalue weighted by Gasteiger charge is 2.31. The van der Waals surface area contributed by atoms with E-state index >= 15 is 0 Å². The lowest BCUT2D eigenvalue weighted by Crippen LogP contribution is -2.58. The summed E-state index contributed by atoms with van der Waals surface area (Å²) in [6, 6.07) is -3.42. The third-order valence-corrected chi connectivity index (χ3v) is 4.61. The summed E-state index contributed by atoms with van der Waals surface area (Å²) in [5.74, 6) is -3.14. The predicted molar refractivity (Wildman–Crippen MR) is 118 cm³/mol. The SMILES string of the molecule is CC(C)NC(C)C(=O)NC(C)C(=O)NC(CC(N)=O)C(=O)NC(C(=O)C(C)C)C(C)C. The molecule has 10 nitrogen and oxygen atoms in total. The van der Waals surface area contributed by atoms with Gasteiger partial charge in [0.25, 0.3) is 0 Å². The van der Waals surface area contributed by atoms with E-state index in [2.05, 4.69) is 21.3 Å². The molecule has 0 heterocycles. The number of Topliss-reactive ketones (excluding diaryl/α,β-unsaturated/α-hetero) is 1. The van der Waals surface area contributed by atoms with Crippen molar-refractivity contribution in [1.29, 1.82) is 0 Å². The average molecular weight is 442 g/mol. The third-order valence-electron chi connectivity index (χ3n) is 4.61. The quantitative estimate of drug-likeness (QED) is 0.261. The molecule has 10 heteroatoms. The van der Waals surface area contributed by atoms with Gasteiger partial charge in [-0.15, -0.1) is 0 Å². The highest BCUT2D eigenvalue weighted by Crippen LogP contribution is 2.10. The van der Waals surface area contributed by atoms with Gasteiger partial charge >= 0.3 is 0 Å². The first-order valence-corrected chi connectivity index (χ1v) is 10.7. The lowest BCUT2D eigenvalue weighted by Gasteiger charge is -2.26. The summed E-state index contributed by atoms with van der Waals surface area (Å²) in [5.41, 5.74) is 5.23. The Kier molecular flexibility index (Phi) is 12.0. The number of amides is 4. The first kappa shape index (κ1) is 28.5. The van der Waals surface area contributed by atoms with Gasteiger partial charge in [0, 0.05) is 12.0 Å². The van der Waals surface area contributed by atoms with Crippen molar-refractivity contribution in [1.82, 2.24) is 21.3 Å². The van der Waals surface area contributed by atoms with Crippen molar-refractivity contribution >= 4 is 29.4 Å². The van der Waals surface area contributed by atoms with Gasteiger partial charge in [0.15, 0.2) is 5.78 Å². The molecule has 0 aliphatic carbocycles. The lowest BCUT2D eigenvalue weighted by atomic mass is 9.92. The summed E-state index contributed by atoms with van der Waals surface area (Å²) in [6.07, 6.45) is -0.440. The molecule has 0 saturated heterocycles. The van der Waals surface area contributed by atoms with E-state index in [4.69, 9.17) is 5.73 Å². The van der Waals surface area contributed by atoms with Crippen LogP contribution in [0.2, 0.25) is 0 Å². The second-order valence-electron chi connectivity index (χ2n) is 8.79. The van der Waals surface area contributed by atoms with Crippen LogP contribution in [0.5, 0.6) is 0 Å². The average Bonchev–Trinajstić information content (AvgIpc) is 2.63. The Hall–Kier alpha value is -2.49. The number of primary amides is 1. The zero-order chi connectivity index (χ0) is 24.5. The summed E-state index contributed by atoms with van der Waals surface area (Å²) in [4.78, 5) is 61.3. The molecule has 0 saturated carbocycles. The van der Waals surface area contributed by atoms with Crippen molar-refractivity contribution in [3.05, 3.63) is 0 Å². The molecule has 0 radical (unpaired) electrons. The minimum absolute atomic E-state index is 0.0796. The molecule has 0 aromatic rings. The Morgan fingerprint density at radius 1 is 0.710 bits per heavy atom. The summed E-state index contributed by atoms with van der Waals surface area (Å²) < 4.78 is 0. The first-order chi connectivity index (χ1) is 14.2. The van der Waals surface area contributed by atoms with E-state index < -0.39 is 48.3 Å². The van der Waals surface area contributed by atoms with Crippen molar-refractivity contribution in [3.63, 3.8) is 0 Å². The number of ketones is 1. The molecule has 0 aromatic carbocycles. The smallest absolute Gasteiger partial charge is 0.243 e. The van der Waals surface area contributed by atoms with Crippen molar-refractivity contribution in [2.45, 2.75) is 92.0 Å². The Morgan fingerprint density at radius 3 is 1.65 bits per heavy atom. The van der Waals surface area contributed by atoms with Crippen LogP contribution in [0.4, 0.5) is 0 Å². The number of carbonyl (C=O) groups excluding carboxylic acids is 5. The van der Waals surface area contributed by atoms with Gasteiger partial charge < -0.3 is 27.0 Å². The van der Waals surface area contributed by atoms with Crippen molar-refractivity contribution in [2.24, 2.45) is 17.6 Å². The standard InChI is InChI=1S/C21H39N5O5/c1-10(2)17(18(28)11(3)4)26-21(31)15(9-16(22)27)25-20(30)14(8)24-19(29)13(7)23-12(5)6/h10-15,17,23H,9H2,1-8H3,(H2,22,27)(H,24,29)(H,25,30)(H,26,31). The van der Waals surface area contributed by atoms with Crippen LogP contribution >= 0.6 is 0 Å². The Bertz CT molecular complexity index is 663. The normalized spacial score (nSPS) is 15.2. The minimum Gasteiger partial charge on any atom is -0.370 e. The molecule has 0 spiro atoms. The Labute approximate surface area is 184 Å². The summed E-state index contributed by atoms with van der Waals surface area (Å²) in [7, 11) is 0. The monoisotopic (exact) mass is 441 g/mol. The van der Waals surface area contributed by atoms with Gasteiger partial charge in [-0.3, -0.25) is 24.0 Å². The second kappa shape index (κ2) is 13.0. The number of hydrogen-bond donors (Lipinski definition) is 5. The van der Waals surface area contributed by atoms with Gasteiger partial charge in [-0.05, 0) is 19.8 Å². The molecule has 4 unspecified atom stereocenters. The van der Waals surface area contributed by atoms with Crippen LogP contribution in [0.25, 0.3) is 0 Å². The van der Waals surface area contributed by atoms with Crippen molar-refractivity contribution in [2.75, 3.05) is 0 Å². The molecular weight excluding hydrogens is 402 g/mol. The van der Waals surface area contributed by atoms with Crippen LogP contribution in [-0.2, 0) is 24.0 Å². The van der Waals surface area contributed by atoms with Crippen LogP contribution in [0, 0.1) is 11.8 Å². The first-order valence-electron chi connectivity index (χ1n) is 10.7. The molecule has 31 heavy (non-hydrogen) atoms. The van der Waals surface area contributed by atoms with E-state index in [9.17, 15) is 24.0 Å². The van der Waals surface area contributed by atoms with Crippen LogP contribution < -0.4 is 27.0 Å². The Morgan fingerprint density at radius 2 is 1.23 bits per heavy atom. The highest BCUT2D eigenvalue weighted by molar-refractivity contribution is 5.97. The zero-order valence-electron chi connectivity index (χ0n) is 19.9.